The molecule has 0 N–H and O–H groups in total. The van der Waals surface area contributed by atoms with Gasteiger partial charge in [-0.25, -0.2) is 9.78 Å². The normalized spacial score (nSPS) is 18.1. The van der Waals surface area contributed by atoms with E-state index in [1.54, 1.807) is 18.0 Å². The van der Waals surface area contributed by atoms with Gasteiger partial charge in [-0.3, -0.25) is 0 Å². The second-order valence-corrected chi connectivity index (χ2v) is 6.78. The Hall–Kier alpha value is -2.01. The summed E-state index contributed by atoms with van der Waals surface area (Å²) in [5.41, 5.74) is 2.53. The minimum absolute atomic E-state index is 0.0162. The van der Waals surface area contributed by atoms with Crippen molar-refractivity contribution in [3.8, 4) is 0 Å². The van der Waals surface area contributed by atoms with Crippen LogP contribution in [0.3, 0.4) is 0 Å². The maximum atomic E-state index is 12.3. The maximum Gasteiger partial charge on any atom is 0.358 e. The first-order valence-corrected chi connectivity index (χ1v) is 8.44. The number of rotatable bonds is 2. The van der Waals surface area contributed by atoms with E-state index in [0.717, 1.165) is 40.4 Å². The Bertz CT molecular complexity index is 866. The molecule has 5 heteroatoms. The second kappa shape index (κ2) is 5.32. The minimum Gasteiger partial charge on any atom is -0.447 e. The zero-order valence-electron chi connectivity index (χ0n) is 12.3. The highest BCUT2D eigenvalue weighted by molar-refractivity contribution is 8.00. The van der Waals surface area contributed by atoms with Gasteiger partial charge in [-0.1, -0.05) is 18.2 Å². The number of hydrogen-bond acceptors (Lipinski definition) is 4. The summed E-state index contributed by atoms with van der Waals surface area (Å²) in [6.45, 7) is 0. The largest absolute Gasteiger partial charge is 0.447 e. The first-order valence-electron chi connectivity index (χ1n) is 7.40. The van der Waals surface area contributed by atoms with Crippen LogP contribution < -0.4 is 0 Å². The van der Waals surface area contributed by atoms with E-state index in [4.69, 9.17) is 4.74 Å². The highest BCUT2D eigenvalue weighted by Gasteiger charge is 2.22. The van der Waals surface area contributed by atoms with Crippen molar-refractivity contribution < 1.29 is 9.53 Å². The van der Waals surface area contributed by atoms with Crippen LogP contribution in [0.4, 0.5) is 0 Å². The highest BCUT2D eigenvalue weighted by atomic mass is 32.2. The molecule has 1 unspecified atom stereocenters. The highest BCUT2D eigenvalue weighted by Crippen LogP contribution is 2.30. The van der Waals surface area contributed by atoms with Crippen molar-refractivity contribution in [2.75, 3.05) is 5.75 Å². The summed E-state index contributed by atoms with van der Waals surface area (Å²) in [6, 6.07) is 10.0. The van der Waals surface area contributed by atoms with Gasteiger partial charge in [0.15, 0.2) is 0 Å². The lowest BCUT2D eigenvalue weighted by atomic mass is 10.1. The number of para-hydroxylation sites is 1. The molecule has 1 aromatic carbocycles. The second-order valence-electron chi connectivity index (χ2n) is 5.51. The summed E-state index contributed by atoms with van der Waals surface area (Å²) in [5, 5.41) is 2.17. The summed E-state index contributed by atoms with van der Waals surface area (Å²) >= 11 is 1.70. The van der Waals surface area contributed by atoms with E-state index >= 15 is 0 Å². The number of ether oxygens (including phenoxy) is 1. The standard InChI is InChI=1S/C17H16N2O2S/c1-19-14-6-3-2-5-11(14)12-9-13(18-10-15(12)19)17(20)21-16-7-4-8-22-16/h2-3,5-6,9-10,16H,4,7-8H2,1H3. The van der Waals surface area contributed by atoms with Crippen LogP contribution in [0.5, 0.6) is 0 Å². The number of aryl methyl sites for hydroxylation is 1. The van der Waals surface area contributed by atoms with E-state index in [1.165, 1.54) is 0 Å². The molecule has 1 fully saturated rings. The van der Waals surface area contributed by atoms with Gasteiger partial charge in [0.1, 0.15) is 11.1 Å². The lowest BCUT2D eigenvalue weighted by molar-refractivity contribution is 0.0450. The van der Waals surface area contributed by atoms with Crippen LogP contribution in [0, 0.1) is 0 Å². The predicted octanol–water partition coefficient (Wildman–Crippen LogP) is 3.74. The number of benzene rings is 1. The summed E-state index contributed by atoms with van der Waals surface area (Å²) in [7, 11) is 2.01. The monoisotopic (exact) mass is 312 g/mol. The molecule has 3 aromatic rings. The Labute approximate surface area is 132 Å². The van der Waals surface area contributed by atoms with Gasteiger partial charge >= 0.3 is 5.97 Å². The summed E-state index contributed by atoms with van der Waals surface area (Å²) in [5.74, 6) is 0.738. The molecular weight excluding hydrogens is 296 g/mol. The number of carbonyl (C=O) groups excluding carboxylic acids is 1. The topological polar surface area (TPSA) is 44.1 Å². The van der Waals surface area contributed by atoms with Crippen LogP contribution >= 0.6 is 11.8 Å². The van der Waals surface area contributed by atoms with Crippen LogP contribution in [-0.2, 0) is 11.8 Å². The first-order chi connectivity index (χ1) is 10.7. The molecule has 0 amide bonds. The van der Waals surface area contributed by atoms with Gasteiger partial charge in [-0.15, -0.1) is 11.8 Å². The number of esters is 1. The molecule has 1 aliphatic heterocycles. The Kier molecular flexibility index (Phi) is 3.30. The lowest BCUT2D eigenvalue weighted by Crippen LogP contribution is -2.13. The fourth-order valence-corrected chi connectivity index (χ4v) is 4.07. The van der Waals surface area contributed by atoms with Gasteiger partial charge in [0, 0.05) is 23.3 Å². The first kappa shape index (κ1) is 13.6. The Morgan fingerprint density at radius 1 is 1.32 bits per heavy atom. The van der Waals surface area contributed by atoms with Crippen molar-refractivity contribution >= 4 is 39.5 Å². The van der Waals surface area contributed by atoms with Crippen molar-refractivity contribution in [1.82, 2.24) is 9.55 Å². The number of aromatic nitrogens is 2. The van der Waals surface area contributed by atoms with Crippen molar-refractivity contribution in [2.24, 2.45) is 7.05 Å². The molecular formula is C17H16N2O2S. The smallest absolute Gasteiger partial charge is 0.358 e. The van der Waals surface area contributed by atoms with Crippen LogP contribution in [-0.4, -0.2) is 26.7 Å². The third-order valence-electron chi connectivity index (χ3n) is 4.14. The van der Waals surface area contributed by atoms with Gasteiger partial charge in [-0.05, 0) is 30.7 Å². The fourth-order valence-electron chi connectivity index (χ4n) is 2.99. The molecule has 0 saturated carbocycles. The van der Waals surface area contributed by atoms with Gasteiger partial charge in [0.2, 0.25) is 0 Å². The number of thioether (sulfide) groups is 1. The average Bonchev–Trinajstić information content (AvgIpc) is 3.15. The SMILES string of the molecule is Cn1c2ccccc2c2cc(C(=O)OC3CCCS3)ncc21. The van der Waals surface area contributed by atoms with Crippen molar-refractivity contribution in [2.45, 2.75) is 18.3 Å². The molecule has 1 aliphatic rings. The fraction of sp³-hybridized carbons (Fsp3) is 0.294. The number of carbonyl (C=O) groups is 1. The summed E-state index contributed by atoms with van der Waals surface area (Å²) in [6.07, 6.45) is 3.80. The molecule has 1 atom stereocenters. The van der Waals surface area contributed by atoms with Crippen molar-refractivity contribution in [3.63, 3.8) is 0 Å². The molecule has 0 radical (unpaired) electrons. The number of fused-ring (bicyclic) bond motifs is 3. The van der Waals surface area contributed by atoms with E-state index in [2.05, 4.69) is 21.7 Å². The van der Waals surface area contributed by atoms with E-state index in [9.17, 15) is 4.79 Å². The van der Waals surface area contributed by atoms with Gasteiger partial charge in [0.05, 0.1) is 11.7 Å². The third-order valence-corrected chi connectivity index (χ3v) is 5.36. The summed E-state index contributed by atoms with van der Waals surface area (Å²) < 4.78 is 7.62. The molecule has 4 nitrogen and oxygen atoms in total. The molecule has 0 spiro atoms. The lowest BCUT2D eigenvalue weighted by Gasteiger charge is -2.10. The summed E-state index contributed by atoms with van der Waals surface area (Å²) in [4.78, 5) is 16.6. The average molecular weight is 312 g/mol. The Morgan fingerprint density at radius 2 is 2.18 bits per heavy atom. The predicted molar refractivity (Wildman–Crippen MR) is 89.1 cm³/mol. The zero-order chi connectivity index (χ0) is 15.1. The van der Waals surface area contributed by atoms with E-state index < -0.39 is 0 Å². The molecule has 1 saturated heterocycles. The number of hydrogen-bond donors (Lipinski definition) is 0. The molecule has 112 valence electrons. The molecule has 0 bridgehead atoms. The molecule has 0 aliphatic carbocycles. The molecule has 3 heterocycles. The van der Waals surface area contributed by atoms with Gasteiger partial charge in [-0.2, -0.15) is 0 Å². The molecule has 2 aromatic heterocycles. The molecule has 4 rings (SSSR count). The maximum absolute atomic E-state index is 12.3. The van der Waals surface area contributed by atoms with E-state index in [0.29, 0.717) is 5.69 Å². The zero-order valence-corrected chi connectivity index (χ0v) is 13.1. The van der Waals surface area contributed by atoms with E-state index in [1.807, 2.05) is 25.2 Å². The van der Waals surface area contributed by atoms with Crippen LogP contribution in [0.25, 0.3) is 21.8 Å². The van der Waals surface area contributed by atoms with Gasteiger partial charge < -0.3 is 9.30 Å². The minimum atomic E-state index is -0.325. The van der Waals surface area contributed by atoms with E-state index in [-0.39, 0.29) is 11.4 Å². The van der Waals surface area contributed by atoms with Gasteiger partial charge in [0.25, 0.3) is 0 Å². The quantitative estimate of drug-likeness (QED) is 0.676. The number of nitrogens with zero attached hydrogens (tertiary/aromatic N) is 2. The Balaban J connectivity index is 1.76. The van der Waals surface area contributed by atoms with Crippen molar-refractivity contribution in [1.29, 1.82) is 0 Å². The van der Waals surface area contributed by atoms with Crippen molar-refractivity contribution in [3.05, 3.63) is 42.2 Å². The van der Waals surface area contributed by atoms with Crippen LogP contribution in [0.2, 0.25) is 0 Å². The number of pyridine rings is 1. The van der Waals surface area contributed by atoms with Crippen LogP contribution in [0.1, 0.15) is 23.3 Å². The third kappa shape index (κ3) is 2.16. The molecule has 22 heavy (non-hydrogen) atoms. The van der Waals surface area contributed by atoms with Crippen LogP contribution in [0.15, 0.2) is 36.5 Å². The Morgan fingerprint density at radius 3 is 3.00 bits per heavy atom.